The highest BCUT2D eigenvalue weighted by molar-refractivity contribution is 6.23. The molecular formula is C15H13NO4. The topological polar surface area (TPSA) is 68.7 Å². The number of phenolic OH excluding ortho intramolecular Hbond substituents is 1. The van der Waals surface area contributed by atoms with Crippen LogP contribution in [0.2, 0.25) is 0 Å². The van der Waals surface area contributed by atoms with Crippen molar-refractivity contribution < 1.29 is 19.4 Å². The Bertz CT molecular complexity index is 737. The smallest absolute Gasteiger partial charge is 0.203 e. The summed E-state index contributed by atoms with van der Waals surface area (Å²) in [5.41, 5.74) is 2.63. The molecule has 1 heterocycles. The van der Waals surface area contributed by atoms with Crippen LogP contribution < -0.4 is 9.47 Å². The molecule has 1 aliphatic carbocycles. The Morgan fingerprint density at radius 1 is 1.20 bits per heavy atom. The van der Waals surface area contributed by atoms with Crippen LogP contribution in [0.1, 0.15) is 21.5 Å². The van der Waals surface area contributed by atoms with E-state index in [4.69, 9.17) is 9.47 Å². The Morgan fingerprint density at radius 3 is 2.60 bits per heavy atom. The number of aromatic hydroxyl groups is 1. The number of phenols is 1. The highest BCUT2D eigenvalue weighted by Crippen LogP contribution is 2.50. The molecule has 0 unspecified atom stereocenters. The second-order valence-corrected chi connectivity index (χ2v) is 4.56. The average molecular weight is 271 g/mol. The summed E-state index contributed by atoms with van der Waals surface area (Å²) in [4.78, 5) is 16.7. The Kier molecular flexibility index (Phi) is 2.64. The number of hydrogen-bond acceptors (Lipinski definition) is 5. The predicted molar refractivity (Wildman–Crippen MR) is 72.6 cm³/mol. The van der Waals surface area contributed by atoms with Gasteiger partial charge in [-0.1, -0.05) is 0 Å². The maximum absolute atomic E-state index is 12.5. The molecule has 0 saturated heterocycles. The number of hydrogen-bond donors (Lipinski definition) is 1. The number of rotatable bonds is 2. The number of ketones is 1. The van der Waals surface area contributed by atoms with Crippen LogP contribution in [0.25, 0.3) is 11.3 Å². The fourth-order valence-corrected chi connectivity index (χ4v) is 2.56. The van der Waals surface area contributed by atoms with Gasteiger partial charge in [0.15, 0.2) is 17.3 Å². The van der Waals surface area contributed by atoms with Crippen LogP contribution in [0.4, 0.5) is 0 Å². The standard InChI is InChI=1S/C15H13NO4/c1-7-4-5-16-12-10(7)13(17)8-6-9(19-2)15(20-3)14(18)11(8)12/h4-6,18H,1-3H3. The zero-order valence-corrected chi connectivity index (χ0v) is 11.4. The number of methoxy groups -OCH3 is 2. The van der Waals surface area contributed by atoms with Crippen molar-refractivity contribution >= 4 is 5.78 Å². The summed E-state index contributed by atoms with van der Waals surface area (Å²) < 4.78 is 10.3. The summed E-state index contributed by atoms with van der Waals surface area (Å²) in [5, 5.41) is 10.4. The van der Waals surface area contributed by atoms with Gasteiger partial charge in [0.2, 0.25) is 5.75 Å². The van der Waals surface area contributed by atoms with E-state index < -0.39 is 0 Å². The summed E-state index contributed by atoms with van der Waals surface area (Å²) >= 11 is 0. The lowest BCUT2D eigenvalue weighted by Gasteiger charge is -2.12. The van der Waals surface area contributed by atoms with Gasteiger partial charge in [-0.15, -0.1) is 0 Å². The minimum atomic E-state index is -0.156. The largest absolute Gasteiger partial charge is 0.504 e. The van der Waals surface area contributed by atoms with Crippen molar-refractivity contribution in [3.8, 4) is 28.5 Å². The van der Waals surface area contributed by atoms with Gasteiger partial charge in [0.05, 0.1) is 31.0 Å². The van der Waals surface area contributed by atoms with Gasteiger partial charge in [0, 0.05) is 11.8 Å². The number of benzene rings is 1. The molecular weight excluding hydrogens is 258 g/mol. The van der Waals surface area contributed by atoms with Gasteiger partial charge < -0.3 is 14.6 Å². The third-order valence-electron chi connectivity index (χ3n) is 3.51. The van der Waals surface area contributed by atoms with E-state index in [2.05, 4.69) is 4.98 Å². The van der Waals surface area contributed by atoms with Crippen LogP contribution in [0.15, 0.2) is 18.3 Å². The first-order chi connectivity index (χ1) is 9.60. The molecule has 0 amide bonds. The summed E-state index contributed by atoms with van der Waals surface area (Å²) in [6.45, 7) is 1.84. The number of fused-ring (bicyclic) bond motifs is 3. The Morgan fingerprint density at radius 2 is 1.95 bits per heavy atom. The fourth-order valence-electron chi connectivity index (χ4n) is 2.56. The van der Waals surface area contributed by atoms with Crippen LogP contribution in [-0.4, -0.2) is 30.1 Å². The molecule has 0 fully saturated rings. The van der Waals surface area contributed by atoms with E-state index in [0.29, 0.717) is 28.1 Å². The van der Waals surface area contributed by atoms with Crippen molar-refractivity contribution in [2.75, 3.05) is 14.2 Å². The highest BCUT2D eigenvalue weighted by atomic mass is 16.5. The molecule has 20 heavy (non-hydrogen) atoms. The lowest BCUT2D eigenvalue weighted by Crippen LogP contribution is -1.99. The number of nitrogens with zero attached hydrogens (tertiary/aromatic N) is 1. The normalized spacial score (nSPS) is 12.1. The van der Waals surface area contributed by atoms with Crippen molar-refractivity contribution in [2.24, 2.45) is 0 Å². The molecule has 1 aromatic carbocycles. The molecule has 1 aliphatic rings. The Hall–Kier alpha value is -2.56. The third-order valence-corrected chi connectivity index (χ3v) is 3.51. The van der Waals surface area contributed by atoms with Gasteiger partial charge in [0.1, 0.15) is 0 Å². The number of carbonyl (C=O) groups excluding carboxylic acids is 1. The van der Waals surface area contributed by atoms with Crippen molar-refractivity contribution in [1.29, 1.82) is 0 Å². The van der Waals surface area contributed by atoms with E-state index in [1.807, 2.05) is 6.92 Å². The van der Waals surface area contributed by atoms with E-state index in [-0.39, 0.29) is 17.3 Å². The van der Waals surface area contributed by atoms with E-state index in [9.17, 15) is 9.90 Å². The molecule has 5 heteroatoms. The maximum atomic E-state index is 12.5. The van der Waals surface area contributed by atoms with E-state index in [0.717, 1.165) is 5.56 Å². The minimum Gasteiger partial charge on any atom is -0.504 e. The highest BCUT2D eigenvalue weighted by Gasteiger charge is 2.35. The summed E-state index contributed by atoms with van der Waals surface area (Å²) in [6, 6.07) is 3.35. The second kappa shape index (κ2) is 4.23. The fraction of sp³-hybridized carbons (Fsp3) is 0.200. The molecule has 0 bridgehead atoms. The Balaban J connectivity index is 2.40. The van der Waals surface area contributed by atoms with Crippen LogP contribution >= 0.6 is 0 Å². The molecule has 1 aromatic heterocycles. The number of ether oxygens (including phenoxy) is 2. The first-order valence-corrected chi connectivity index (χ1v) is 6.08. The molecule has 2 aromatic rings. The molecule has 1 N–H and O–H groups in total. The van der Waals surface area contributed by atoms with Crippen LogP contribution in [0.3, 0.4) is 0 Å². The van der Waals surface area contributed by atoms with Crippen LogP contribution in [0, 0.1) is 6.92 Å². The maximum Gasteiger partial charge on any atom is 0.203 e. The first kappa shape index (κ1) is 12.5. The van der Waals surface area contributed by atoms with Crippen molar-refractivity contribution in [2.45, 2.75) is 6.92 Å². The van der Waals surface area contributed by atoms with E-state index >= 15 is 0 Å². The molecule has 0 aliphatic heterocycles. The summed E-state index contributed by atoms with van der Waals surface area (Å²) in [5.74, 6) is 0.252. The monoisotopic (exact) mass is 271 g/mol. The number of aromatic nitrogens is 1. The Labute approximate surface area is 115 Å². The predicted octanol–water partition coefficient (Wildman–Crippen LogP) is 2.32. The number of carbonyl (C=O) groups is 1. The molecule has 0 atom stereocenters. The number of aryl methyl sites for hydroxylation is 1. The van der Waals surface area contributed by atoms with Gasteiger partial charge in [-0.2, -0.15) is 0 Å². The zero-order chi connectivity index (χ0) is 14.4. The molecule has 5 nitrogen and oxygen atoms in total. The lowest BCUT2D eigenvalue weighted by atomic mass is 10.1. The van der Waals surface area contributed by atoms with Gasteiger partial charge in [-0.3, -0.25) is 9.78 Å². The van der Waals surface area contributed by atoms with Crippen molar-refractivity contribution in [3.63, 3.8) is 0 Å². The molecule has 0 saturated carbocycles. The van der Waals surface area contributed by atoms with Crippen LogP contribution in [-0.2, 0) is 0 Å². The van der Waals surface area contributed by atoms with Gasteiger partial charge in [-0.25, -0.2) is 0 Å². The zero-order valence-electron chi connectivity index (χ0n) is 11.4. The van der Waals surface area contributed by atoms with Crippen LogP contribution in [0.5, 0.6) is 17.2 Å². The third kappa shape index (κ3) is 1.43. The van der Waals surface area contributed by atoms with E-state index in [1.54, 1.807) is 18.3 Å². The van der Waals surface area contributed by atoms with Crippen molar-refractivity contribution in [1.82, 2.24) is 4.98 Å². The van der Waals surface area contributed by atoms with Gasteiger partial charge >= 0.3 is 0 Å². The molecule has 0 radical (unpaired) electrons. The minimum absolute atomic E-state index is 0.118. The quantitative estimate of drug-likeness (QED) is 0.774. The summed E-state index contributed by atoms with van der Waals surface area (Å²) in [6.07, 6.45) is 1.62. The lowest BCUT2D eigenvalue weighted by molar-refractivity contribution is 0.104. The van der Waals surface area contributed by atoms with Gasteiger partial charge in [0.25, 0.3) is 0 Å². The number of pyridine rings is 1. The first-order valence-electron chi connectivity index (χ1n) is 6.08. The van der Waals surface area contributed by atoms with Gasteiger partial charge in [-0.05, 0) is 24.6 Å². The molecule has 3 rings (SSSR count). The van der Waals surface area contributed by atoms with Crippen molar-refractivity contribution in [3.05, 3.63) is 35.0 Å². The summed E-state index contributed by atoms with van der Waals surface area (Å²) in [7, 11) is 2.89. The second-order valence-electron chi connectivity index (χ2n) is 4.56. The molecule has 0 spiro atoms. The van der Waals surface area contributed by atoms with E-state index in [1.165, 1.54) is 14.2 Å². The SMILES string of the molecule is COc1cc2c(c(O)c1OC)-c1nccc(C)c1C2=O. The average Bonchev–Trinajstić information content (AvgIpc) is 2.73. The molecule has 102 valence electrons.